The molecule has 0 radical (unpaired) electrons. The fourth-order valence-electron chi connectivity index (χ4n) is 8.89. The maximum atomic E-state index is 13.7. The third-order valence-electron chi connectivity index (χ3n) is 10.9. The number of likely N-dealkylation sites (N-methyl/N-ethyl adjacent to an activating group) is 1. The lowest BCUT2D eigenvalue weighted by Crippen LogP contribution is -2.68. The van der Waals surface area contributed by atoms with E-state index in [2.05, 4.69) is 26.2 Å². The van der Waals surface area contributed by atoms with Gasteiger partial charge in [0.15, 0.2) is 23.0 Å². The van der Waals surface area contributed by atoms with Crippen LogP contribution in [0.3, 0.4) is 0 Å². The Morgan fingerprint density at radius 2 is 1.49 bits per heavy atom. The number of aromatic amines is 1. The molecule has 1 fully saturated rings. The number of rotatable bonds is 7. The van der Waals surface area contributed by atoms with E-state index in [0.717, 1.165) is 22.0 Å². The van der Waals surface area contributed by atoms with Gasteiger partial charge in [-0.15, -0.1) is 0 Å². The number of carbonyl (C=O) groups excluding carboxylic acids is 1. The molecule has 3 aromatic carbocycles. The van der Waals surface area contributed by atoms with E-state index in [1.165, 1.54) is 14.2 Å². The van der Waals surface area contributed by atoms with E-state index in [0.29, 0.717) is 58.0 Å². The van der Waals surface area contributed by atoms with Crippen LogP contribution in [0, 0.1) is 25.2 Å². The van der Waals surface area contributed by atoms with E-state index in [1.807, 2.05) is 45.2 Å². The predicted octanol–water partition coefficient (Wildman–Crippen LogP) is 4.43. The van der Waals surface area contributed by atoms with Crippen LogP contribution in [0.2, 0.25) is 0 Å². The van der Waals surface area contributed by atoms with Gasteiger partial charge in [-0.25, -0.2) is 0 Å². The van der Waals surface area contributed by atoms with E-state index < -0.39 is 24.2 Å². The van der Waals surface area contributed by atoms with E-state index in [1.54, 1.807) is 20.3 Å². The van der Waals surface area contributed by atoms with Crippen LogP contribution in [0.4, 0.5) is 0 Å². The molecule has 0 aliphatic carbocycles. The highest BCUT2D eigenvalue weighted by Gasteiger charge is 2.57. The van der Waals surface area contributed by atoms with Crippen molar-refractivity contribution in [3.8, 4) is 40.6 Å². The minimum absolute atomic E-state index is 0.0386. The number of nitriles is 1. The lowest BCUT2D eigenvalue weighted by Gasteiger charge is -2.60. The van der Waals surface area contributed by atoms with E-state index in [4.69, 9.17) is 18.9 Å². The zero-order valence-electron chi connectivity index (χ0n) is 28.7. The highest BCUT2D eigenvalue weighted by Crippen LogP contribution is 2.58. The number of carbonyl (C=O) groups is 1. The number of piperazine rings is 1. The predicted molar refractivity (Wildman–Crippen MR) is 182 cm³/mol. The molecule has 256 valence electrons. The number of phenols is 2. The Balaban J connectivity index is 1.42. The molecule has 3 aliphatic heterocycles. The number of phenolic OH excluding ortho intramolecular Hbond substituents is 2. The third kappa shape index (κ3) is 4.60. The van der Waals surface area contributed by atoms with Gasteiger partial charge in [0.05, 0.1) is 46.6 Å². The first-order chi connectivity index (χ1) is 23.6. The molecule has 0 saturated carbocycles. The summed E-state index contributed by atoms with van der Waals surface area (Å²) < 4.78 is 23.3. The number of methoxy groups -OCH3 is 4. The van der Waals surface area contributed by atoms with Crippen molar-refractivity contribution >= 4 is 16.8 Å². The summed E-state index contributed by atoms with van der Waals surface area (Å²) in [5.41, 5.74) is 5.40. The fourth-order valence-corrected chi connectivity index (χ4v) is 8.89. The van der Waals surface area contributed by atoms with Crippen molar-refractivity contribution < 1.29 is 34.0 Å². The number of ether oxygens (including phenoxy) is 4. The van der Waals surface area contributed by atoms with Gasteiger partial charge in [0.25, 0.3) is 5.91 Å². The average molecular weight is 668 g/mol. The Hall–Kier alpha value is -5.12. The van der Waals surface area contributed by atoms with E-state index in [-0.39, 0.29) is 35.7 Å². The van der Waals surface area contributed by atoms with Gasteiger partial charge in [0.2, 0.25) is 0 Å². The molecule has 4 N–H and O–H groups in total. The number of aromatic nitrogens is 1. The molecule has 12 nitrogen and oxygen atoms in total. The van der Waals surface area contributed by atoms with Gasteiger partial charge in [-0.05, 0) is 45.9 Å². The van der Waals surface area contributed by atoms with Gasteiger partial charge in [0.1, 0.15) is 23.2 Å². The van der Waals surface area contributed by atoms with Gasteiger partial charge < -0.3 is 39.5 Å². The molecular weight excluding hydrogens is 626 g/mol. The van der Waals surface area contributed by atoms with Crippen LogP contribution in [0.1, 0.15) is 56.0 Å². The summed E-state index contributed by atoms with van der Waals surface area (Å²) in [6.07, 6.45) is 0.805. The minimum Gasteiger partial charge on any atom is -0.504 e. The maximum absolute atomic E-state index is 13.7. The van der Waals surface area contributed by atoms with Gasteiger partial charge in [-0.2, -0.15) is 5.26 Å². The van der Waals surface area contributed by atoms with Crippen molar-refractivity contribution in [3.63, 3.8) is 0 Å². The molecule has 4 heterocycles. The zero-order chi connectivity index (χ0) is 34.9. The van der Waals surface area contributed by atoms with Crippen molar-refractivity contribution in [2.45, 2.75) is 56.9 Å². The SMILES string of the molecule is COc1c(C)c(OC)c2c(c1O)[C@H]1[C@@H]3Cc4c(OC)c(C)c(OC)c(O)c4[C@H](CNC(=O)c4cc5ccccc5[nH]4)N3[C@@H](C#N)[C@@H](C2)N1C. The van der Waals surface area contributed by atoms with Crippen molar-refractivity contribution in [2.75, 3.05) is 42.0 Å². The molecule has 3 aliphatic rings. The standard InChI is InChI=1S/C37H41N5O7/c1-17-33(46-4)20-14-25-30-29-21(34(47-5)18(2)36(49-7)32(29)44)13-24(41(30)3)26(15-38)42(25)27(28(20)31(43)35(17)48-6)16-39-37(45)23-12-19-10-8-9-11-22(19)40-23/h8-12,24-27,30,40,43-44H,13-14,16H2,1-7H3,(H,39,45)/t24-,25+,26+,27+,30-/m1/s1. The second kappa shape index (κ2) is 12.1. The fraction of sp³-hybridized carbons (Fsp3) is 0.405. The molecule has 5 atom stereocenters. The second-order valence-corrected chi connectivity index (χ2v) is 13.0. The average Bonchev–Trinajstić information content (AvgIpc) is 3.53. The smallest absolute Gasteiger partial charge is 0.267 e. The third-order valence-corrected chi connectivity index (χ3v) is 10.9. The number of amides is 1. The molecule has 2 bridgehead atoms. The second-order valence-electron chi connectivity index (χ2n) is 13.0. The van der Waals surface area contributed by atoms with Crippen LogP contribution >= 0.6 is 0 Å². The van der Waals surface area contributed by atoms with Crippen LogP contribution in [-0.2, 0) is 12.8 Å². The molecule has 4 aromatic rings. The first kappa shape index (κ1) is 32.4. The largest absolute Gasteiger partial charge is 0.504 e. The van der Waals surface area contributed by atoms with Gasteiger partial charge >= 0.3 is 0 Å². The first-order valence-electron chi connectivity index (χ1n) is 16.3. The molecule has 1 aromatic heterocycles. The van der Waals surface area contributed by atoms with Crippen molar-refractivity contribution in [1.29, 1.82) is 5.26 Å². The number of nitrogens with zero attached hydrogens (tertiary/aromatic N) is 3. The van der Waals surface area contributed by atoms with Gasteiger partial charge in [-0.1, -0.05) is 18.2 Å². The van der Waals surface area contributed by atoms with Crippen molar-refractivity contribution in [3.05, 3.63) is 69.4 Å². The van der Waals surface area contributed by atoms with Gasteiger partial charge in [0, 0.05) is 62.9 Å². The van der Waals surface area contributed by atoms with Crippen LogP contribution in [-0.4, -0.2) is 91.1 Å². The molecular formula is C37H41N5O7. The van der Waals surface area contributed by atoms with Crippen molar-refractivity contribution in [1.82, 2.24) is 20.1 Å². The summed E-state index contributed by atoms with van der Waals surface area (Å²) in [6, 6.07) is 9.63. The minimum atomic E-state index is -0.660. The highest BCUT2D eigenvalue weighted by molar-refractivity contribution is 5.98. The van der Waals surface area contributed by atoms with Crippen LogP contribution in [0.25, 0.3) is 10.9 Å². The Morgan fingerprint density at radius 3 is 2.08 bits per heavy atom. The molecule has 1 saturated heterocycles. The summed E-state index contributed by atoms with van der Waals surface area (Å²) >= 11 is 0. The summed E-state index contributed by atoms with van der Waals surface area (Å²) in [7, 11) is 8.18. The summed E-state index contributed by atoms with van der Waals surface area (Å²) in [6.45, 7) is 3.76. The Morgan fingerprint density at radius 1 is 0.918 bits per heavy atom. The number of H-pyrrole nitrogens is 1. The molecule has 12 heteroatoms. The lowest BCUT2D eigenvalue weighted by atomic mass is 9.71. The zero-order valence-corrected chi connectivity index (χ0v) is 28.7. The number of hydrogen-bond donors (Lipinski definition) is 4. The normalized spacial score (nSPS) is 22.8. The highest BCUT2D eigenvalue weighted by atomic mass is 16.5. The van der Waals surface area contributed by atoms with Gasteiger partial charge in [-0.3, -0.25) is 14.6 Å². The van der Waals surface area contributed by atoms with E-state index >= 15 is 0 Å². The summed E-state index contributed by atoms with van der Waals surface area (Å²) in [5, 5.41) is 38.6. The molecule has 49 heavy (non-hydrogen) atoms. The quantitative estimate of drug-likeness (QED) is 0.223. The molecule has 0 spiro atoms. The number of fused-ring (bicyclic) bond motifs is 8. The van der Waals surface area contributed by atoms with Crippen LogP contribution in [0.15, 0.2) is 30.3 Å². The summed E-state index contributed by atoms with van der Waals surface area (Å²) in [4.78, 5) is 21.2. The summed E-state index contributed by atoms with van der Waals surface area (Å²) in [5.74, 6) is 1.48. The number of hydrogen-bond acceptors (Lipinski definition) is 10. The Bertz CT molecular complexity index is 2000. The van der Waals surface area contributed by atoms with Crippen LogP contribution < -0.4 is 24.3 Å². The monoisotopic (exact) mass is 667 g/mol. The number of nitrogens with one attached hydrogen (secondary N) is 2. The number of benzene rings is 3. The number of aromatic hydroxyl groups is 2. The maximum Gasteiger partial charge on any atom is 0.267 e. The molecule has 1 amide bonds. The van der Waals surface area contributed by atoms with Crippen molar-refractivity contribution in [2.24, 2.45) is 0 Å². The Kier molecular flexibility index (Phi) is 8.00. The Labute approximate surface area is 284 Å². The topological polar surface area (TPSA) is 153 Å². The number of para-hydroxylation sites is 1. The molecule has 0 unspecified atom stereocenters. The van der Waals surface area contributed by atoms with Crippen LogP contribution in [0.5, 0.6) is 34.5 Å². The first-order valence-corrected chi connectivity index (χ1v) is 16.3. The molecule has 7 rings (SSSR count). The lowest BCUT2D eigenvalue weighted by molar-refractivity contribution is -0.0724. The van der Waals surface area contributed by atoms with E-state index in [9.17, 15) is 20.3 Å².